The highest BCUT2D eigenvalue weighted by Crippen LogP contribution is 1.68. The molecule has 0 aromatic heterocycles. The molecule has 4 heteroatoms. The van der Waals surface area contributed by atoms with Crippen LogP contribution in [0.15, 0.2) is 0 Å². The molecule has 47 valence electrons. The number of aliphatic hydroxyl groups is 2. The summed E-state index contributed by atoms with van der Waals surface area (Å²) in [7, 11) is 0. The highest BCUT2D eigenvalue weighted by molar-refractivity contribution is 5.75. The van der Waals surface area contributed by atoms with E-state index in [1.54, 1.807) is 0 Å². The highest BCUT2D eigenvalue weighted by atomic mass is 16.5. The number of rotatable bonds is 4. The molecule has 0 aliphatic rings. The first-order chi connectivity index (χ1) is 3.41. The van der Waals surface area contributed by atoms with Crippen LogP contribution in [0.4, 0.5) is 0 Å². The first kappa shape index (κ1) is 10.8. The van der Waals surface area contributed by atoms with Gasteiger partial charge in [0.25, 0.3) is 0 Å². The van der Waals surface area contributed by atoms with Crippen LogP contribution in [0.25, 0.3) is 0 Å². The summed E-state index contributed by atoms with van der Waals surface area (Å²) in [5, 5.41) is 16.2. The molecular weight excluding hydrogens is 107 g/mol. The molecule has 0 spiro atoms. The van der Waals surface area contributed by atoms with Crippen LogP contribution in [0.3, 0.4) is 0 Å². The lowest BCUT2D eigenvalue weighted by molar-refractivity contribution is 0.0650. The second kappa shape index (κ2) is 10.0. The van der Waals surface area contributed by atoms with Crippen LogP contribution >= 0.6 is 0 Å². The summed E-state index contributed by atoms with van der Waals surface area (Å²) in [6.07, 6.45) is 0. The first-order valence-corrected chi connectivity index (χ1v) is 2.21. The van der Waals surface area contributed by atoms with Gasteiger partial charge in [-0.05, 0) is 0 Å². The molecule has 0 rings (SSSR count). The molecule has 0 unspecified atom stereocenters. The minimum atomic E-state index is 0. The quantitative estimate of drug-likeness (QED) is 0.352. The SMILES string of the molecule is OCCOCCO.[B]. The maximum atomic E-state index is 8.09. The largest absolute Gasteiger partial charge is 0.394 e. The maximum Gasteiger partial charge on any atom is 0.0698 e. The van der Waals surface area contributed by atoms with Gasteiger partial charge >= 0.3 is 0 Å². The van der Waals surface area contributed by atoms with Gasteiger partial charge in [-0.1, -0.05) is 0 Å². The summed E-state index contributed by atoms with van der Waals surface area (Å²) >= 11 is 0. The minimum absolute atomic E-state index is 0. The van der Waals surface area contributed by atoms with Gasteiger partial charge in [-0.15, -0.1) is 0 Å². The van der Waals surface area contributed by atoms with Crippen LogP contribution in [0.2, 0.25) is 0 Å². The van der Waals surface area contributed by atoms with Gasteiger partial charge in [-0.25, -0.2) is 0 Å². The minimum Gasteiger partial charge on any atom is -0.394 e. The molecule has 2 N–H and O–H groups in total. The zero-order valence-corrected chi connectivity index (χ0v) is 4.71. The fraction of sp³-hybridized carbons (Fsp3) is 1.00. The van der Waals surface area contributed by atoms with Gasteiger partial charge in [0.2, 0.25) is 0 Å². The van der Waals surface area contributed by atoms with E-state index >= 15 is 0 Å². The Balaban J connectivity index is 0. The van der Waals surface area contributed by atoms with Crippen molar-refractivity contribution in [3.63, 3.8) is 0 Å². The average molecular weight is 117 g/mol. The van der Waals surface area contributed by atoms with Crippen molar-refractivity contribution in [3.8, 4) is 0 Å². The van der Waals surface area contributed by atoms with Crippen molar-refractivity contribution < 1.29 is 14.9 Å². The highest BCUT2D eigenvalue weighted by Gasteiger charge is 1.79. The molecule has 3 nitrogen and oxygen atoms in total. The van der Waals surface area contributed by atoms with Gasteiger partial charge in [-0.2, -0.15) is 0 Å². The Labute approximate surface area is 50.9 Å². The van der Waals surface area contributed by atoms with Gasteiger partial charge in [0.05, 0.1) is 26.4 Å². The summed E-state index contributed by atoms with van der Waals surface area (Å²) in [4.78, 5) is 0. The monoisotopic (exact) mass is 117 g/mol. The molecule has 0 atom stereocenters. The van der Waals surface area contributed by atoms with E-state index in [1.165, 1.54) is 0 Å². The van der Waals surface area contributed by atoms with Crippen LogP contribution in [-0.2, 0) is 4.74 Å². The zero-order chi connectivity index (χ0) is 5.54. The summed E-state index contributed by atoms with van der Waals surface area (Å²) < 4.78 is 4.63. The van der Waals surface area contributed by atoms with Crippen molar-refractivity contribution >= 4 is 8.41 Å². The number of ether oxygens (including phenoxy) is 1. The topological polar surface area (TPSA) is 49.7 Å². The molecule has 0 aliphatic heterocycles. The average Bonchev–Trinajstić information content (AvgIpc) is 1.69. The van der Waals surface area contributed by atoms with Gasteiger partial charge in [0.15, 0.2) is 0 Å². The predicted octanol–water partition coefficient (Wildman–Crippen LogP) is -1.39. The molecule has 0 heterocycles. The molecular formula is C4H10BO3. The molecule has 0 aromatic carbocycles. The third-order valence-electron chi connectivity index (χ3n) is 0.471. The molecule has 8 heavy (non-hydrogen) atoms. The fourth-order valence-corrected chi connectivity index (χ4v) is 0.231. The lowest BCUT2D eigenvalue weighted by Crippen LogP contribution is -2.03. The lowest BCUT2D eigenvalue weighted by Gasteiger charge is -1.94. The number of hydrogen-bond acceptors (Lipinski definition) is 3. The molecule has 0 saturated carbocycles. The smallest absolute Gasteiger partial charge is 0.0698 e. The fourth-order valence-electron chi connectivity index (χ4n) is 0.231. The normalized spacial score (nSPS) is 8.25. The van der Waals surface area contributed by atoms with E-state index in [-0.39, 0.29) is 21.6 Å². The molecule has 0 bridgehead atoms. The zero-order valence-electron chi connectivity index (χ0n) is 4.71. The summed E-state index contributed by atoms with van der Waals surface area (Å²) in [6, 6.07) is 0. The Kier molecular flexibility index (Phi) is 13.6. The first-order valence-electron chi connectivity index (χ1n) is 2.21. The van der Waals surface area contributed by atoms with E-state index < -0.39 is 0 Å². The summed E-state index contributed by atoms with van der Waals surface area (Å²) in [5.74, 6) is 0. The molecule has 3 radical (unpaired) electrons. The van der Waals surface area contributed by atoms with Gasteiger partial charge in [0.1, 0.15) is 0 Å². The molecule has 0 amide bonds. The van der Waals surface area contributed by atoms with Gasteiger partial charge in [-0.3, -0.25) is 0 Å². The second-order valence-electron chi connectivity index (χ2n) is 1.06. The van der Waals surface area contributed by atoms with Crippen LogP contribution in [0.1, 0.15) is 0 Å². The van der Waals surface area contributed by atoms with E-state index in [9.17, 15) is 0 Å². The van der Waals surface area contributed by atoms with Crippen LogP contribution in [0.5, 0.6) is 0 Å². The van der Waals surface area contributed by atoms with E-state index in [2.05, 4.69) is 4.74 Å². The summed E-state index contributed by atoms with van der Waals surface area (Å²) in [6.45, 7) is 0.696. The summed E-state index contributed by atoms with van der Waals surface area (Å²) in [5.41, 5.74) is 0. The van der Waals surface area contributed by atoms with E-state index in [0.29, 0.717) is 13.2 Å². The maximum absolute atomic E-state index is 8.09. The van der Waals surface area contributed by atoms with Crippen molar-refractivity contribution in [2.24, 2.45) is 0 Å². The van der Waals surface area contributed by atoms with E-state index in [1.807, 2.05) is 0 Å². The van der Waals surface area contributed by atoms with Gasteiger partial charge < -0.3 is 14.9 Å². The molecule has 0 saturated heterocycles. The van der Waals surface area contributed by atoms with Crippen molar-refractivity contribution in [2.75, 3.05) is 26.4 Å². The lowest BCUT2D eigenvalue weighted by atomic mass is 10.7. The number of hydrogen-bond donors (Lipinski definition) is 2. The standard InChI is InChI=1S/C4H10O3.B/c5-1-3-7-4-2-6;/h5-6H,1-4H2;. The number of aliphatic hydroxyl groups excluding tert-OH is 2. The third kappa shape index (κ3) is 9.34. The van der Waals surface area contributed by atoms with Crippen molar-refractivity contribution in [3.05, 3.63) is 0 Å². The Morgan fingerprint density at radius 1 is 1.00 bits per heavy atom. The van der Waals surface area contributed by atoms with E-state index in [0.717, 1.165) is 0 Å². The van der Waals surface area contributed by atoms with Crippen LogP contribution in [0, 0.1) is 0 Å². The second-order valence-corrected chi connectivity index (χ2v) is 1.06. The van der Waals surface area contributed by atoms with E-state index in [4.69, 9.17) is 10.2 Å². The molecule has 0 aliphatic carbocycles. The van der Waals surface area contributed by atoms with Crippen LogP contribution in [-0.4, -0.2) is 45.1 Å². The predicted molar refractivity (Wildman–Crippen MR) is 30.7 cm³/mol. The van der Waals surface area contributed by atoms with Crippen molar-refractivity contribution in [1.82, 2.24) is 0 Å². The Bertz CT molecular complexity index is 30.5. The van der Waals surface area contributed by atoms with Crippen molar-refractivity contribution in [1.29, 1.82) is 0 Å². The van der Waals surface area contributed by atoms with Crippen molar-refractivity contribution in [2.45, 2.75) is 0 Å². The van der Waals surface area contributed by atoms with Crippen LogP contribution < -0.4 is 0 Å². The Hall–Kier alpha value is -0.0551. The Morgan fingerprint density at radius 3 is 1.62 bits per heavy atom. The van der Waals surface area contributed by atoms with Gasteiger partial charge in [0, 0.05) is 8.41 Å². The molecule has 0 fully saturated rings. The molecule has 0 aromatic rings. The Morgan fingerprint density at radius 2 is 1.38 bits per heavy atom. The third-order valence-corrected chi connectivity index (χ3v) is 0.471.